The topological polar surface area (TPSA) is 38.7 Å². The molecule has 9 rings (SSSR count). The van der Waals surface area contributed by atoms with Crippen LogP contribution < -0.4 is 0 Å². The summed E-state index contributed by atoms with van der Waals surface area (Å²) >= 11 is 0. The molecule has 0 bridgehead atoms. The number of hydrogen-bond donors (Lipinski definition) is 0. The Labute approximate surface area is 266 Å². The lowest BCUT2D eigenvalue weighted by Gasteiger charge is -2.15. The lowest BCUT2D eigenvalue weighted by molar-refractivity contribution is 1.19. The van der Waals surface area contributed by atoms with Gasteiger partial charge in [0.2, 0.25) is 0 Å². The molecule has 9 aromatic rings. The summed E-state index contributed by atoms with van der Waals surface area (Å²) in [5.74, 6) is 0.696. The Hall–Kier alpha value is -6.19. The zero-order valence-electron chi connectivity index (χ0n) is 24.9. The number of aromatic nitrogens is 3. The number of pyridine rings is 1. The Morgan fingerprint density at radius 3 is 1.80 bits per heavy atom. The van der Waals surface area contributed by atoms with Crippen LogP contribution in [0.5, 0.6) is 0 Å². The van der Waals surface area contributed by atoms with E-state index in [0.717, 1.165) is 44.6 Å². The van der Waals surface area contributed by atoms with Crippen molar-refractivity contribution in [3.05, 3.63) is 164 Å². The van der Waals surface area contributed by atoms with Crippen molar-refractivity contribution in [1.29, 1.82) is 0 Å². The van der Waals surface area contributed by atoms with Crippen LogP contribution in [0.25, 0.3) is 88.1 Å². The molecule has 0 amide bonds. The van der Waals surface area contributed by atoms with Crippen molar-refractivity contribution in [1.82, 2.24) is 15.0 Å². The molecule has 0 saturated carbocycles. The van der Waals surface area contributed by atoms with Gasteiger partial charge in [-0.3, -0.25) is 4.98 Å². The Bertz CT molecular complexity index is 2570. The maximum atomic E-state index is 5.25. The summed E-state index contributed by atoms with van der Waals surface area (Å²) < 4.78 is 0. The van der Waals surface area contributed by atoms with Gasteiger partial charge in [0, 0.05) is 40.0 Å². The molecule has 7 aromatic carbocycles. The second-order valence-corrected chi connectivity index (χ2v) is 11.7. The highest BCUT2D eigenvalue weighted by molar-refractivity contribution is 6.23. The minimum absolute atomic E-state index is 0.696. The van der Waals surface area contributed by atoms with Crippen molar-refractivity contribution in [2.24, 2.45) is 0 Å². The molecule has 0 fully saturated rings. The van der Waals surface area contributed by atoms with Gasteiger partial charge in [-0.1, -0.05) is 140 Å². The van der Waals surface area contributed by atoms with Gasteiger partial charge >= 0.3 is 0 Å². The van der Waals surface area contributed by atoms with E-state index < -0.39 is 0 Å². The summed E-state index contributed by atoms with van der Waals surface area (Å²) in [6.07, 6.45) is 3.85. The third-order valence-electron chi connectivity index (χ3n) is 8.94. The monoisotopic (exact) mass is 585 g/mol. The van der Waals surface area contributed by atoms with Gasteiger partial charge in [-0.2, -0.15) is 0 Å². The van der Waals surface area contributed by atoms with E-state index in [0.29, 0.717) is 5.82 Å². The predicted octanol–water partition coefficient (Wildman–Crippen LogP) is 11.2. The Morgan fingerprint density at radius 1 is 0.348 bits per heavy atom. The number of rotatable bonds is 4. The zero-order chi connectivity index (χ0) is 30.5. The highest BCUT2D eigenvalue weighted by Gasteiger charge is 2.16. The van der Waals surface area contributed by atoms with Crippen LogP contribution in [0.4, 0.5) is 0 Å². The van der Waals surface area contributed by atoms with E-state index >= 15 is 0 Å². The Morgan fingerprint density at radius 2 is 0.978 bits per heavy atom. The highest BCUT2D eigenvalue weighted by Crippen LogP contribution is 2.39. The fraction of sp³-hybridized carbons (Fsp3) is 0. The number of nitrogens with zero attached hydrogens (tertiary/aromatic N) is 3. The molecule has 0 spiro atoms. The molecule has 3 nitrogen and oxygen atoms in total. The van der Waals surface area contributed by atoms with E-state index in [2.05, 4.69) is 145 Å². The lowest BCUT2D eigenvalue weighted by Crippen LogP contribution is -1.97. The first-order valence-corrected chi connectivity index (χ1v) is 15.5. The largest absolute Gasteiger partial charge is 0.263 e. The van der Waals surface area contributed by atoms with Gasteiger partial charge in [0.1, 0.15) is 0 Å². The minimum Gasteiger partial charge on any atom is -0.263 e. The quantitative estimate of drug-likeness (QED) is 0.193. The van der Waals surface area contributed by atoms with Crippen LogP contribution in [0.15, 0.2) is 164 Å². The van der Waals surface area contributed by atoms with Crippen molar-refractivity contribution < 1.29 is 0 Å². The molecule has 2 heterocycles. The molecule has 3 heteroatoms. The second kappa shape index (κ2) is 10.8. The van der Waals surface area contributed by atoms with Crippen LogP contribution in [-0.2, 0) is 0 Å². The third-order valence-corrected chi connectivity index (χ3v) is 8.94. The molecule has 0 saturated heterocycles. The summed E-state index contributed by atoms with van der Waals surface area (Å²) in [6.45, 7) is 0. The van der Waals surface area contributed by atoms with Crippen molar-refractivity contribution in [3.8, 4) is 45.0 Å². The maximum absolute atomic E-state index is 5.25. The molecule has 0 aliphatic carbocycles. The summed E-state index contributed by atoms with van der Waals surface area (Å²) in [7, 11) is 0. The Balaban J connectivity index is 1.24. The average Bonchev–Trinajstić information content (AvgIpc) is 3.14. The zero-order valence-corrected chi connectivity index (χ0v) is 24.9. The van der Waals surface area contributed by atoms with Gasteiger partial charge in [0.25, 0.3) is 0 Å². The van der Waals surface area contributed by atoms with E-state index in [4.69, 9.17) is 9.97 Å². The molecule has 0 unspecified atom stereocenters. The first-order valence-electron chi connectivity index (χ1n) is 15.5. The van der Waals surface area contributed by atoms with E-state index in [1.807, 2.05) is 24.5 Å². The number of benzene rings is 7. The van der Waals surface area contributed by atoms with Crippen LogP contribution in [0.1, 0.15) is 0 Å². The first kappa shape index (κ1) is 26.2. The molecular formula is C43H27N3. The standard InChI is InChI=1S/C43H27N3/c1-2-11-30(12-3-1)40-25-41(38-24-32-23-20-28-10-4-7-15-35(28)42(32)37-17-9-8-16-36(37)38)46-43(45-40)31-21-18-29(19-22-31)39-27-44-26-33-13-5-6-14-34(33)39/h1-27H. The minimum atomic E-state index is 0.696. The van der Waals surface area contributed by atoms with Crippen LogP contribution in [0.2, 0.25) is 0 Å². The normalized spacial score (nSPS) is 11.5. The summed E-state index contributed by atoms with van der Waals surface area (Å²) in [6, 6.07) is 53.4. The van der Waals surface area contributed by atoms with Crippen molar-refractivity contribution >= 4 is 43.1 Å². The van der Waals surface area contributed by atoms with Gasteiger partial charge in [-0.05, 0) is 55.4 Å². The predicted molar refractivity (Wildman–Crippen MR) is 192 cm³/mol. The van der Waals surface area contributed by atoms with Crippen molar-refractivity contribution in [2.45, 2.75) is 0 Å². The molecule has 0 aliphatic heterocycles. The highest BCUT2D eigenvalue weighted by atomic mass is 14.9. The molecule has 0 radical (unpaired) electrons. The van der Waals surface area contributed by atoms with Gasteiger partial charge in [0.15, 0.2) is 5.82 Å². The van der Waals surface area contributed by atoms with Gasteiger partial charge in [0.05, 0.1) is 11.4 Å². The van der Waals surface area contributed by atoms with Crippen LogP contribution >= 0.6 is 0 Å². The van der Waals surface area contributed by atoms with Crippen LogP contribution in [0.3, 0.4) is 0 Å². The van der Waals surface area contributed by atoms with E-state index in [1.54, 1.807) is 0 Å². The van der Waals surface area contributed by atoms with Crippen LogP contribution in [0, 0.1) is 0 Å². The van der Waals surface area contributed by atoms with Gasteiger partial charge in [-0.15, -0.1) is 0 Å². The van der Waals surface area contributed by atoms with Crippen LogP contribution in [-0.4, -0.2) is 15.0 Å². The molecule has 0 N–H and O–H groups in total. The molecule has 0 atom stereocenters. The third kappa shape index (κ3) is 4.41. The summed E-state index contributed by atoms with van der Waals surface area (Å²) in [5.41, 5.74) is 7.13. The van der Waals surface area contributed by atoms with Crippen molar-refractivity contribution in [3.63, 3.8) is 0 Å². The SMILES string of the molecule is c1ccc(-c2cc(-c3cc4ccc5ccccc5c4c4ccccc34)nc(-c3ccc(-c4cncc5ccccc45)cc3)n2)cc1. The molecule has 0 aliphatic rings. The molecule has 2 aromatic heterocycles. The summed E-state index contributed by atoms with van der Waals surface area (Å²) in [5, 5.41) is 9.68. The number of fused-ring (bicyclic) bond motifs is 6. The van der Waals surface area contributed by atoms with Gasteiger partial charge < -0.3 is 0 Å². The average molecular weight is 586 g/mol. The summed E-state index contributed by atoms with van der Waals surface area (Å²) in [4.78, 5) is 14.9. The van der Waals surface area contributed by atoms with E-state index in [1.165, 1.54) is 37.7 Å². The molecular weight excluding hydrogens is 558 g/mol. The molecule has 46 heavy (non-hydrogen) atoms. The van der Waals surface area contributed by atoms with Gasteiger partial charge in [-0.25, -0.2) is 9.97 Å². The van der Waals surface area contributed by atoms with E-state index in [9.17, 15) is 0 Å². The lowest BCUT2D eigenvalue weighted by atomic mass is 9.92. The fourth-order valence-electron chi connectivity index (χ4n) is 6.71. The molecule has 214 valence electrons. The maximum Gasteiger partial charge on any atom is 0.160 e. The fourth-order valence-corrected chi connectivity index (χ4v) is 6.71. The van der Waals surface area contributed by atoms with Crippen molar-refractivity contribution in [2.75, 3.05) is 0 Å². The van der Waals surface area contributed by atoms with E-state index in [-0.39, 0.29) is 0 Å². The first-order chi connectivity index (χ1) is 22.8. The second-order valence-electron chi connectivity index (χ2n) is 11.7. The smallest absolute Gasteiger partial charge is 0.160 e. The number of hydrogen-bond acceptors (Lipinski definition) is 3. The Kier molecular flexibility index (Phi) is 6.14.